The van der Waals surface area contributed by atoms with Crippen LogP contribution < -0.4 is 10.1 Å². The topological polar surface area (TPSA) is 84.4 Å². The first-order chi connectivity index (χ1) is 11.9. The van der Waals surface area contributed by atoms with Gasteiger partial charge in [-0.2, -0.15) is 0 Å². The molecule has 7 nitrogen and oxygen atoms in total. The highest BCUT2D eigenvalue weighted by atomic mass is 16.5. The van der Waals surface area contributed by atoms with Crippen LogP contribution >= 0.6 is 0 Å². The van der Waals surface area contributed by atoms with Gasteiger partial charge in [-0.15, -0.1) is 0 Å². The lowest BCUT2D eigenvalue weighted by Crippen LogP contribution is -2.43. The second-order valence-corrected chi connectivity index (χ2v) is 7.21. The number of amides is 2. The van der Waals surface area contributed by atoms with E-state index in [0.29, 0.717) is 19.0 Å². The molecule has 1 saturated carbocycles. The number of nitrogens with one attached hydrogen (secondary N) is 1. The third kappa shape index (κ3) is 4.46. The molecule has 7 heteroatoms. The third-order valence-corrected chi connectivity index (χ3v) is 4.97. The Morgan fingerprint density at radius 2 is 1.84 bits per heavy atom. The number of ether oxygens (including phenoxy) is 1. The van der Waals surface area contributed by atoms with Crippen molar-refractivity contribution >= 4 is 11.8 Å². The van der Waals surface area contributed by atoms with Crippen LogP contribution in [-0.4, -0.2) is 52.4 Å². The molecular formula is C18H26N4O3. The van der Waals surface area contributed by atoms with E-state index in [2.05, 4.69) is 15.3 Å². The van der Waals surface area contributed by atoms with Gasteiger partial charge in [-0.1, -0.05) is 0 Å². The Balaban J connectivity index is 1.45. The highest BCUT2D eigenvalue weighted by molar-refractivity contribution is 5.89. The minimum Gasteiger partial charge on any atom is -0.460 e. The Labute approximate surface area is 148 Å². The highest BCUT2D eigenvalue weighted by Gasteiger charge is 2.33. The molecule has 0 radical (unpaired) electrons. The molecule has 1 aromatic heterocycles. The third-order valence-electron chi connectivity index (χ3n) is 4.97. The van der Waals surface area contributed by atoms with Gasteiger partial charge in [-0.25, -0.2) is 9.97 Å². The predicted octanol–water partition coefficient (Wildman–Crippen LogP) is 1.38. The summed E-state index contributed by atoms with van der Waals surface area (Å²) in [6.45, 7) is 4.38. The molecule has 1 unspecified atom stereocenters. The van der Waals surface area contributed by atoms with E-state index in [1.165, 1.54) is 0 Å². The lowest BCUT2D eigenvalue weighted by molar-refractivity contribution is -0.128. The van der Waals surface area contributed by atoms with Crippen molar-refractivity contribution in [2.45, 2.75) is 58.1 Å². The molecule has 0 bridgehead atoms. The molecule has 3 rings (SSSR count). The fourth-order valence-electron chi connectivity index (χ4n) is 3.58. The summed E-state index contributed by atoms with van der Waals surface area (Å²) in [5.74, 6) is -0.166. The average Bonchev–Trinajstić information content (AvgIpc) is 2.88. The Morgan fingerprint density at radius 3 is 2.40 bits per heavy atom. The van der Waals surface area contributed by atoms with Gasteiger partial charge in [0.25, 0.3) is 0 Å². The van der Waals surface area contributed by atoms with Crippen molar-refractivity contribution in [3.8, 4) is 6.01 Å². The Kier molecular flexibility index (Phi) is 5.20. The molecule has 2 fully saturated rings. The fourth-order valence-corrected chi connectivity index (χ4v) is 3.58. The lowest BCUT2D eigenvalue weighted by atomic mass is 9.92. The summed E-state index contributed by atoms with van der Waals surface area (Å²) < 4.78 is 5.91. The molecule has 2 heterocycles. The Bertz CT molecular complexity index is 635. The first kappa shape index (κ1) is 17.6. The van der Waals surface area contributed by atoms with Crippen molar-refractivity contribution in [3.05, 3.63) is 17.5 Å². The number of rotatable bonds is 4. The number of aromatic nitrogens is 2. The predicted molar refractivity (Wildman–Crippen MR) is 92.1 cm³/mol. The second-order valence-electron chi connectivity index (χ2n) is 7.21. The summed E-state index contributed by atoms with van der Waals surface area (Å²) in [4.78, 5) is 34.1. The minimum absolute atomic E-state index is 0.000268. The van der Waals surface area contributed by atoms with E-state index in [1.807, 2.05) is 19.9 Å². The normalized spacial score (nSPS) is 26.6. The smallest absolute Gasteiger partial charge is 0.317 e. The van der Waals surface area contributed by atoms with Crippen molar-refractivity contribution < 1.29 is 14.3 Å². The van der Waals surface area contributed by atoms with Gasteiger partial charge < -0.3 is 15.0 Å². The molecule has 25 heavy (non-hydrogen) atoms. The van der Waals surface area contributed by atoms with Crippen LogP contribution in [0.15, 0.2) is 6.07 Å². The summed E-state index contributed by atoms with van der Waals surface area (Å²) in [6, 6.07) is 2.52. The maximum atomic E-state index is 12.3. The monoisotopic (exact) mass is 346 g/mol. The zero-order chi connectivity index (χ0) is 18.0. The molecule has 0 spiro atoms. The van der Waals surface area contributed by atoms with Crippen molar-refractivity contribution in [1.82, 2.24) is 20.2 Å². The maximum Gasteiger partial charge on any atom is 0.317 e. The standard InChI is InChI=1S/C18H26N4O3/c1-11-8-12(2)20-18(19-11)25-15-6-4-14(5-7-15)21-17(24)13-9-16(23)22(3)10-13/h8,13-15H,4-7,9-10H2,1-3H3,(H,21,24). The molecule has 1 saturated heterocycles. The lowest BCUT2D eigenvalue weighted by Gasteiger charge is -2.29. The second kappa shape index (κ2) is 7.37. The molecule has 0 aromatic carbocycles. The van der Waals surface area contributed by atoms with Crippen LogP contribution in [0.5, 0.6) is 6.01 Å². The molecular weight excluding hydrogens is 320 g/mol. The molecule has 136 valence electrons. The quantitative estimate of drug-likeness (QED) is 0.890. The maximum absolute atomic E-state index is 12.3. The zero-order valence-corrected chi connectivity index (χ0v) is 15.1. The minimum atomic E-state index is -0.213. The summed E-state index contributed by atoms with van der Waals surface area (Å²) in [5.41, 5.74) is 1.80. The molecule has 1 aliphatic carbocycles. The van der Waals surface area contributed by atoms with Gasteiger partial charge in [0.15, 0.2) is 0 Å². The van der Waals surface area contributed by atoms with Crippen LogP contribution in [0.25, 0.3) is 0 Å². The van der Waals surface area contributed by atoms with Gasteiger partial charge in [0.2, 0.25) is 11.8 Å². The Hall–Kier alpha value is -2.18. The van der Waals surface area contributed by atoms with E-state index in [-0.39, 0.29) is 29.9 Å². The largest absolute Gasteiger partial charge is 0.460 e. The van der Waals surface area contributed by atoms with Crippen LogP contribution in [0.2, 0.25) is 0 Å². The molecule has 1 atom stereocenters. The number of carbonyl (C=O) groups excluding carboxylic acids is 2. The highest BCUT2D eigenvalue weighted by Crippen LogP contribution is 2.24. The van der Waals surface area contributed by atoms with E-state index in [0.717, 1.165) is 37.1 Å². The van der Waals surface area contributed by atoms with Crippen LogP contribution in [0.1, 0.15) is 43.5 Å². The van der Waals surface area contributed by atoms with Crippen LogP contribution in [0.4, 0.5) is 0 Å². The average molecular weight is 346 g/mol. The molecule has 2 amide bonds. The van der Waals surface area contributed by atoms with Gasteiger partial charge in [-0.3, -0.25) is 9.59 Å². The van der Waals surface area contributed by atoms with Gasteiger partial charge in [0.1, 0.15) is 6.10 Å². The van der Waals surface area contributed by atoms with Gasteiger partial charge in [0.05, 0.1) is 5.92 Å². The number of carbonyl (C=O) groups is 2. The first-order valence-corrected chi connectivity index (χ1v) is 8.94. The zero-order valence-electron chi connectivity index (χ0n) is 15.1. The van der Waals surface area contributed by atoms with Crippen LogP contribution in [0, 0.1) is 19.8 Å². The van der Waals surface area contributed by atoms with Gasteiger partial charge in [0, 0.05) is 37.4 Å². The van der Waals surface area contributed by atoms with Crippen molar-refractivity contribution in [1.29, 1.82) is 0 Å². The number of likely N-dealkylation sites (tertiary alicyclic amines) is 1. The fraction of sp³-hybridized carbons (Fsp3) is 0.667. The number of hydrogen-bond acceptors (Lipinski definition) is 5. The number of aryl methyl sites for hydroxylation is 2. The Morgan fingerprint density at radius 1 is 1.20 bits per heavy atom. The van der Waals surface area contributed by atoms with E-state index >= 15 is 0 Å². The van der Waals surface area contributed by atoms with E-state index in [1.54, 1.807) is 11.9 Å². The first-order valence-electron chi connectivity index (χ1n) is 8.94. The SMILES string of the molecule is Cc1cc(C)nc(OC2CCC(NC(=O)C3CC(=O)N(C)C3)CC2)n1. The number of nitrogens with zero attached hydrogens (tertiary/aromatic N) is 3. The van der Waals surface area contributed by atoms with Crippen molar-refractivity contribution in [2.75, 3.05) is 13.6 Å². The summed E-state index contributed by atoms with van der Waals surface area (Å²) in [5, 5.41) is 3.10. The van der Waals surface area contributed by atoms with E-state index < -0.39 is 0 Å². The summed E-state index contributed by atoms with van der Waals surface area (Å²) >= 11 is 0. The molecule has 1 aliphatic heterocycles. The molecule has 1 aromatic rings. The van der Waals surface area contributed by atoms with E-state index in [4.69, 9.17) is 4.74 Å². The van der Waals surface area contributed by atoms with E-state index in [9.17, 15) is 9.59 Å². The number of hydrogen-bond donors (Lipinski definition) is 1. The van der Waals surface area contributed by atoms with Gasteiger partial charge in [-0.05, 0) is 45.6 Å². The van der Waals surface area contributed by atoms with Gasteiger partial charge >= 0.3 is 6.01 Å². The summed E-state index contributed by atoms with van der Waals surface area (Å²) in [6.07, 6.45) is 3.89. The molecule has 2 aliphatic rings. The van der Waals surface area contributed by atoms with Crippen LogP contribution in [-0.2, 0) is 9.59 Å². The summed E-state index contributed by atoms with van der Waals surface area (Å²) in [7, 11) is 1.74. The van der Waals surface area contributed by atoms with Crippen molar-refractivity contribution in [3.63, 3.8) is 0 Å². The molecule has 1 N–H and O–H groups in total. The van der Waals surface area contributed by atoms with Crippen molar-refractivity contribution in [2.24, 2.45) is 5.92 Å². The van der Waals surface area contributed by atoms with Crippen LogP contribution in [0.3, 0.4) is 0 Å².